The fourth-order valence-electron chi connectivity index (χ4n) is 1.06. The average Bonchev–Trinajstić information content (AvgIpc) is 2.34. The van der Waals surface area contributed by atoms with Crippen molar-refractivity contribution < 1.29 is 4.40 Å². The highest BCUT2D eigenvalue weighted by atomic mass is 32.1. The Labute approximate surface area is 68.1 Å². The Morgan fingerprint density at radius 1 is 1.64 bits per heavy atom. The lowest BCUT2D eigenvalue weighted by molar-refractivity contribution is -0.501. The second-order valence-corrected chi connectivity index (χ2v) is 3.20. The van der Waals surface area contributed by atoms with Crippen LogP contribution in [0.5, 0.6) is 0 Å². The predicted octanol–water partition coefficient (Wildman–Crippen LogP) is 0.772. The Morgan fingerprint density at radius 2 is 2.45 bits per heavy atom. The van der Waals surface area contributed by atoms with E-state index in [-0.39, 0.29) is 0 Å². The molecule has 2 aromatic heterocycles. The van der Waals surface area contributed by atoms with E-state index >= 15 is 0 Å². The first-order valence-corrected chi connectivity index (χ1v) is 4.17. The SMILES string of the molecule is Cc1ccnc2scc(N)[n+]12. The molecule has 0 amide bonds. The van der Waals surface area contributed by atoms with E-state index in [2.05, 4.69) is 4.98 Å². The van der Waals surface area contributed by atoms with E-state index in [1.165, 1.54) is 0 Å². The number of hydrogen-bond acceptors (Lipinski definition) is 3. The molecule has 0 spiro atoms. The van der Waals surface area contributed by atoms with Gasteiger partial charge in [-0.2, -0.15) is 4.40 Å². The molecule has 0 aliphatic heterocycles. The van der Waals surface area contributed by atoms with Crippen LogP contribution in [0.15, 0.2) is 17.6 Å². The molecule has 2 rings (SSSR count). The summed E-state index contributed by atoms with van der Waals surface area (Å²) in [5.74, 6) is 0.760. The largest absolute Gasteiger partial charge is 0.325 e. The molecule has 0 aliphatic carbocycles. The van der Waals surface area contributed by atoms with Crippen LogP contribution in [0, 0.1) is 6.92 Å². The third-order valence-electron chi connectivity index (χ3n) is 1.59. The number of aryl methyl sites for hydroxylation is 1. The van der Waals surface area contributed by atoms with Gasteiger partial charge in [0.05, 0.1) is 11.1 Å². The van der Waals surface area contributed by atoms with Gasteiger partial charge in [0.15, 0.2) is 0 Å². The van der Waals surface area contributed by atoms with Gasteiger partial charge in [-0.25, -0.2) is 0 Å². The van der Waals surface area contributed by atoms with Crippen LogP contribution in [0.25, 0.3) is 4.96 Å². The van der Waals surface area contributed by atoms with Crippen molar-refractivity contribution in [2.75, 3.05) is 5.73 Å². The Kier molecular flexibility index (Phi) is 1.29. The fraction of sp³-hybridized carbons (Fsp3) is 0.143. The van der Waals surface area contributed by atoms with Crippen LogP contribution in [-0.4, -0.2) is 4.98 Å². The second-order valence-electron chi connectivity index (χ2n) is 2.36. The van der Waals surface area contributed by atoms with Crippen molar-refractivity contribution >= 4 is 22.1 Å². The van der Waals surface area contributed by atoms with Crippen molar-refractivity contribution in [2.45, 2.75) is 6.92 Å². The highest BCUT2D eigenvalue weighted by molar-refractivity contribution is 7.14. The van der Waals surface area contributed by atoms with Crippen LogP contribution < -0.4 is 10.1 Å². The molecule has 2 heterocycles. The highest BCUT2D eigenvalue weighted by Crippen LogP contribution is 2.08. The van der Waals surface area contributed by atoms with E-state index in [1.807, 2.05) is 22.8 Å². The molecule has 0 fully saturated rings. The van der Waals surface area contributed by atoms with Crippen molar-refractivity contribution in [1.82, 2.24) is 4.98 Å². The molecule has 11 heavy (non-hydrogen) atoms. The molecule has 56 valence electrons. The zero-order chi connectivity index (χ0) is 7.84. The zero-order valence-electron chi connectivity index (χ0n) is 6.11. The summed E-state index contributed by atoms with van der Waals surface area (Å²) in [5.41, 5.74) is 6.83. The number of rotatable bonds is 0. The van der Waals surface area contributed by atoms with Crippen LogP contribution in [0.3, 0.4) is 0 Å². The lowest BCUT2D eigenvalue weighted by atomic mass is 10.4. The first kappa shape index (κ1) is 6.54. The van der Waals surface area contributed by atoms with Gasteiger partial charge in [-0.3, -0.25) is 0 Å². The maximum atomic E-state index is 5.71. The summed E-state index contributed by atoms with van der Waals surface area (Å²) in [4.78, 5) is 5.11. The maximum absolute atomic E-state index is 5.71. The van der Waals surface area contributed by atoms with E-state index in [0.29, 0.717) is 0 Å². The summed E-state index contributed by atoms with van der Waals surface area (Å²) >= 11 is 1.55. The first-order chi connectivity index (χ1) is 5.29. The van der Waals surface area contributed by atoms with E-state index < -0.39 is 0 Å². The number of anilines is 1. The minimum Gasteiger partial charge on any atom is -0.318 e. The van der Waals surface area contributed by atoms with Crippen LogP contribution in [0.2, 0.25) is 0 Å². The minimum absolute atomic E-state index is 0.760. The molecule has 2 aromatic rings. The number of thiazole rings is 1. The topological polar surface area (TPSA) is 43.0 Å². The van der Waals surface area contributed by atoms with E-state index in [0.717, 1.165) is 16.5 Å². The average molecular weight is 166 g/mol. The molecular weight excluding hydrogens is 158 g/mol. The molecule has 0 saturated heterocycles. The zero-order valence-corrected chi connectivity index (χ0v) is 6.93. The van der Waals surface area contributed by atoms with Crippen molar-refractivity contribution in [3.05, 3.63) is 23.3 Å². The van der Waals surface area contributed by atoms with E-state index in [9.17, 15) is 0 Å². The molecule has 0 aromatic carbocycles. The van der Waals surface area contributed by atoms with Crippen molar-refractivity contribution in [3.8, 4) is 0 Å². The summed E-state index contributed by atoms with van der Waals surface area (Å²) in [6.07, 6.45) is 1.79. The lowest BCUT2D eigenvalue weighted by Gasteiger charge is -1.90. The van der Waals surface area contributed by atoms with Crippen molar-refractivity contribution in [3.63, 3.8) is 0 Å². The lowest BCUT2D eigenvalue weighted by Crippen LogP contribution is -2.27. The van der Waals surface area contributed by atoms with E-state index in [1.54, 1.807) is 17.5 Å². The summed E-state index contributed by atoms with van der Waals surface area (Å²) in [6, 6.07) is 1.94. The summed E-state index contributed by atoms with van der Waals surface area (Å²) in [7, 11) is 0. The third kappa shape index (κ3) is 0.867. The number of nitrogens with zero attached hydrogens (tertiary/aromatic N) is 2. The molecule has 2 N–H and O–H groups in total. The molecular formula is C7H8N3S+. The Morgan fingerprint density at radius 3 is 3.18 bits per heavy atom. The van der Waals surface area contributed by atoms with Crippen LogP contribution >= 0.6 is 11.3 Å². The van der Waals surface area contributed by atoms with Gasteiger partial charge in [0.25, 0.3) is 0 Å². The number of aromatic nitrogens is 2. The molecule has 0 aliphatic rings. The van der Waals surface area contributed by atoms with Gasteiger partial charge in [-0.05, 0) is 6.92 Å². The predicted molar refractivity (Wildman–Crippen MR) is 44.4 cm³/mol. The van der Waals surface area contributed by atoms with Crippen molar-refractivity contribution in [2.24, 2.45) is 0 Å². The van der Waals surface area contributed by atoms with Gasteiger partial charge in [0.2, 0.25) is 5.82 Å². The van der Waals surface area contributed by atoms with Crippen LogP contribution in [-0.2, 0) is 0 Å². The maximum Gasteiger partial charge on any atom is 0.325 e. The van der Waals surface area contributed by atoms with Crippen LogP contribution in [0.4, 0.5) is 5.82 Å². The quantitative estimate of drug-likeness (QED) is 0.587. The Bertz CT molecular complexity index is 393. The fourth-order valence-corrected chi connectivity index (χ4v) is 1.86. The molecule has 0 saturated carbocycles. The summed E-state index contributed by atoms with van der Waals surface area (Å²) in [5, 5.41) is 1.90. The van der Waals surface area contributed by atoms with Crippen LogP contribution in [0.1, 0.15) is 5.69 Å². The van der Waals surface area contributed by atoms with Gasteiger partial charge in [-0.15, -0.1) is 4.98 Å². The van der Waals surface area contributed by atoms with Crippen molar-refractivity contribution in [1.29, 1.82) is 0 Å². The van der Waals surface area contributed by atoms with Gasteiger partial charge in [0, 0.05) is 6.07 Å². The first-order valence-electron chi connectivity index (χ1n) is 3.29. The minimum atomic E-state index is 0.760. The monoisotopic (exact) mass is 166 g/mol. The summed E-state index contributed by atoms with van der Waals surface area (Å²) < 4.78 is 1.94. The Hall–Kier alpha value is -1.16. The number of hydrogen-bond donors (Lipinski definition) is 1. The number of nitrogen functional groups attached to an aromatic ring is 1. The number of nitrogens with two attached hydrogens (primary N) is 1. The standard InChI is InChI=1S/C7H8N3S/c1-5-2-3-9-7-10(5)6(8)4-11-7/h2-4H,8H2,1H3/q+1. The molecule has 0 atom stereocenters. The van der Waals surface area contributed by atoms with Gasteiger partial charge >= 0.3 is 4.96 Å². The third-order valence-corrected chi connectivity index (χ3v) is 2.45. The van der Waals surface area contributed by atoms with Gasteiger partial charge < -0.3 is 5.73 Å². The van der Waals surface area contributed by atoms with Gasteiger partial charge in [-0.1, -0.05) is 11.3 Å². The second kappa shape index (κ2) is 2.17. The molecule has 0 unspecified atom stereocenters. The molecule has 4 heteroatoms. The van der Waals surface area contributed by atoms with E-state index in [4.69, 9.17) is 5.73 Å². The van der Waals surface area contributed by atoms with Gasteiger partial charge in [0.1, 0.15) is 6.20 Å². The molecule has 0 radical (unpaired) electrons. The molecule has 3 nitrogen and oxygen atoms in total. The number of fused-ring (bicyclic) bond motifs is 1. The smallest absolute Gasteiger partial charge is 0.318 e. The molecule has 0 bridgehead atoms. The summed E-state index contributed by atoms with van der Waals surface area (Å²) in [6.45, 7) is 2.01. The highest BCUT2D eigenvalue weighted by Gasteiger charge is 2.08. The Balaban J connectivity index is 2.96. The normalized spacial score (nSPS) is 10.6.